The van der Waals surface area contributed by atoms with Gasteiger partial charge in [0.25, 0.3) is 0 Å². The molecule has 0 aliphatic rings. The van der Waals surface area contributed by atoms with Gasteiger partial charge in [0.05, 0.1) is 0 Å². The molecule has 0 unspecified atom stereocenters. The molecule has 0 saturated heterocycles. The fourth-order valence-electron chi connectivity index (χ4n) is 3.37. The van der Waals surface area contributed by atoms with Crippen LogP contribution in [0.25, 0.3) is 0 Å². The summed E-state index contributed by atoms with van der Waals surface area (Å²) in [7, 11) is 0. The zero-order valence-electron chi connectivity index (χ0n) is 17.8. The first-order chi connectivity index (χ1) is 13.3. The summed E-state index contributed by atoms with van der Waals surface area (Å²) in [6, 6.07) is 1.51. The highest BCUT2D eigenvalue weighted by Crippen LogP contribution is 2.35. The predicted octanol–water partition coefficient (Wildman–Crippen LogP) is 6.54. The number of carbonyl (C=O) groups is 1. The van der Waals surface area contributed by atoms with Gasteiger partial charge in [-0.05, 0) is 63.5 Å². The van der Waals surface area contributed by atoms with Crippen molar-refractivity contribution in [3.8, 4) is 11.5 Å². The van der Waals surface area contributed by atoms with Crippen molar-refractivity contribution in [1.82, 2.24) is 0 Å². The lowest BCUT2D eigenvalue weighted by molar-refractivity contribution is 0.0692. The van der Waals surface area contributed by atoms with Gasteiger partial charge >= 0.3 is 5.97 Å². The van der Waals surface area contributed by atoms with E-state index in [9.17, 15) is 20.1 Å². The second-order valence-corrected chi connectivity index (χ2v) is 7.38. The second-order valence-electron chi connectivity index (χ2n) is 7.38. The molecule has 28 heavy (non-hydrogen) atoms. The van der Waals surface area contributed by atoms with E-state index >= 15 is 0 Å². The maximum absolute atomic E-state index is 11.7. The summed E-state index contributed by atoms with van der Waals surface area (Å²) in [6.45, 7) is 8.42. The normalized spacial score (nSPS) is 11.5. The van der Waals surface area contributed by atoms with Crippen molar-refractivity contribution in [3.63, 3.8) is 0 Å². The largest absolute Gasteiger partial charge is 0.508 e. The van der Waals surface area contributed by atoms with Gasteiger partial charge in [0.1, 0.15) is 17.1 Å². The van der Waals surface area contributed by atoms with Crippen LogP contribution in [0.2, 0.25) is 0 Å². The minimum Gasteiger partial charge on any atom is -0.508 e. The highest BCUT2D eigenvalue weighted by atomic mass is 16.4. The molecule has 4 heteroatoms. The van der Waals surface area contributed by atoms with Gasteiger partial charge in [-0.1, -0.05) is 56.9 Å². The minimum atomic E-state index is -1.15. The van der Waals surface area contributed by atoms with E-state index in [1.54, 1.807) is 0 Å². The predicted molar refractivity (Wildman–Crippen MR) is 115 cm³/mol. The van der Waals surface area contributed by atoms with E-state index in [-0.39, 0.29) is 22.6 Å². The fraction of sp³-hybridized carbons (Fsp3) is 0.542. The number of carboxylic acids is 1. The highest BCUT2D eigenvalue weighted by Gasteiger charge is 2.21. The molecular formula is C24H36O4. The maximum Gasteiger partial charge on any atom is 0.339 e. The number of rotatable bonds is 12. The van der Waals surface area contributed by atoms with Crippen LogP contribution in [0.15, 0.2) is 29.4 Å². The molecule has 0 aliphatic heterocycles. The first-order valence-corrected chi connectivity index (χ1v) is 10.5. The van der Waals surface area contributed by atoms with Crippen LogP contribution in [0.1, 0.15) is 94.1 Å². The topological polar surface area (TPSA) is 77.8 Å². The van der Waals surface area contributed by atoms with Crippen LogP contribution in [0.5, 0.6) is 11.5 Å². The van der Waals surface area contributed by atoms with Crippen molar-refractivity contribution in [2.24, 2.45) is 0 Å². The summed E-state index contributed by atoms with van der Waals surface area (Å²) < 4.78 is 0. The Morgan fingerprint density at radius 2 is 1.75 bits per heavy atom. The van der Waals surface area contributed by atoms with Crippen molar-refractivity contribution in [2.45, 2.75) is 85.5 Å². The maximum atomic E-state index is 11.7. The van der Waals surface area contributed by atoms with Crippen LogP contribution in [0, 0.1) is 0 Å². The molecule has 0 heterocycles. The average molecular weight is 389 g/mol. The third-order valence-electron chi connectivity index (χ3n) is 5.26. The highest BCUT2D eigenvalue weighted by molar-refractivity contribution is 5.93. The summed E-state index contributed by atoms with van der Waals surface area (Å²) in [5, 5.41) is 30.4. The molecular weight excluding hydrogens is 352 g/mol. The van der Waals surface area contributed by atoms with Gasteiger partial charge < -0.3 is 15.3 Å². The molecule has 1 rings (SSSR count). The number of benzene rings is 1. The Morgan fingerprint density at radius 3 is 2.32 bits per heavy atom. The SMILES string of the molecule is CCCCCc1cc(O)c(C/C=C(\C)CCC=C(CC)CC)c(O)c1C(=O)O. The molecule has 0 radical (unpaired) electrons. The molecule has 0 saturated carbocycles. The third kappa shape index (κ3) is 7.06. The van der Waals surface area contributed by atoms with Gasteiger partial charge in [-0.25, -0.2) is 4.79 Å². The Bertz CT molecular complexity index is 708. The quantitative estimate of drug-likeness (QED) is 0.280. The van der Waals surface area contributed by atoms with E-state index in [0.29, 0.717) is 18.4 Å². The molecule has 0 aliphatic carbocycles. The zero-order chi connectivity index (χ0) is 21.1. The minimum absolute atomic E-state index is 0.0304. The fourth-order valence-corrected chi connectivity index (χ4v) is 3.37. The first kappa shape index (κ1) is 23.8. The summed E-state index contributed by atoms with van der Waals surface area (Å²) in [4.78, 5) is 11.7. The second kappa shape index (κ2) is 12.3. The van der Waals surface area contributed by atoms with E-state index in [2.05, 4.69) is 26.8 Å². The Morgan fingerprint density at radius 1 is 1.07 bits per heavy atom. The number of unbranched alkanes of at least 4 members (excludes halogenated alkanes) is 2. The number of aryl methyl sites for hydroxylation is 1. The van der Waals surface area contributed by atoms with Gasteiger partial charge in [0, 0.05) is 5.56 Å². The van der Waals surface area contributed by atoms with Crippen molar-refractivity contribution in [2.75, 3.05) is 0 Å². The number of hydrogen-bond acceptors (Lipinski definition) is 3. The first-order valence-electron chi connectivity index (χ1n) is 10.5. The standard InChI is InChI=1S/C24H36O4/c1-5-8-9-13-19-16-21(25)20(23(26)22(19)24(27)28)15-14-17(4)11-10-12-18(6-2)7-3/h12,14,16,25-26H,5-11,13,15H2,1-4H3,(H,27,28)/b17-14+. The molecule has 4 nitrogen and oxygen atoms in total. The Balaban J connectivity index is 2.97. The molecule has 0 fully saturated rings. The van der Waals surface area contributed by atoms with Gasteiger partial charge in [0.15, 0.2) is 0 Å². The average Bonchev–Trinajstić information content (AvgIpc) is 2.64. The molecule has 0 bridgehead atoms. The number of phenols is 2. The van der Waals surface area contributed by atoms with Crippen LogP contribution in [0.4, 0.5) is 0 Å². The number of aromatic carboxylic acids is 1. The molecule has 0 spiro atoms. The Labute approximate surface area is 169 Å². The molecule has 0 amide bonds. The van der Waals surface area contributed by atoms with E-state index in [1.165, 1.54) is 11.6 Å². The van der Waals surface area contributed by atoms with E-state index < -0.39 is 5.97 Å². The summed E-state index contributed by atoms with van der Waals surface area (Å²) in [6.07, 6.45) is 12.0. The molecule has 3 N–H and O–H groups in total. The van der Waals surface area contributed by atoms with Crippen molar-refractivity contribution >= 4 is 5.97 Å². The Hall–Kier alpha value is -2.23. The van der Waals surface area contributed by atoms with Gasteiger partial charge in [-0.3, -0.25) is 0 Å². The van der Waals surface area contributed by atoms with Crippen LogP contribution in [-0.4, -0.2) is 21.3 Å². The molecule has 0 atom stereocenters. The molecule has 156 valence electrons. The summed E-state index contributed by atoms with van der Waals surface area (Å²) >= 11 is 0. The number of aromatic hydroxyl groups is 2. The number of carboxylic acid groups (broad SMARTS) is 1. The third-order valence-corrected chi connectivity index (χ3v) is 5.26. The molecule has 0 aromatic heterocycles. The number of allylic oxidation sites excluding steroid dienone is 4. The van der Waals surface area contributed by atoms with Crippen molar-refractivity contribution in [1.29, 1.82) is 0 Å². The molecule has 1 aromatic carbocycles. The van der Waals surface area contributed by atoms with Crippen LogP contribution >= 0.6 is 0 Å². The lowest BCUT2D eigenvalue weighted by Crippen LogP contribution is -2.05. The smallest absolute Gasteiger partial charge is 0.339 e. The van der Waals surface area contributed by atoms with E-state index in [4.69, 9.17) is 0 Å². The van der Waals surface area contributed by atoms with Crippen LogP contribution in [0.3, 0.4) is 0 Å². The summed E-state index contributed by atoms with van der Waals surface area (Å²) in [5.74, 6) is -1.48. The molecule has 1 aromatic rings. The lowest BCUT2D eigenvalue weighted by Gasteiger charge is -2.14. The number of phenolic OH excluding ortho intramolecular Hbond substituents is 1. The van der Waals surface area contributed by atoms with E-state index in [1.807, 2.05) is 13.0 Å². The van der Waals surface area contributed by atoms with Crippen molar-refractivity contribution < 1.29 is 20.1 Å². The van der Waals surface area contributed by atoms with Crippen LogP contribution in [-0.2, 0) is 12.8 Å². The number of hydrogen-bond donors (Lipinski definition) is 3. The lowest BCUT2D eigenvalue weighted by atomic mass is 9.94. The monoisotopic (exact) mass is 388 g/mol. The van der Waals surface area contributed by atoms with Gasteiger partial charge in [-0.15, -0.1) is 0 Å². The van der Waals surface area contributed by atoms with E-state index in [0.717, 1.165) is 50.5 Å². The Kier molecular flexibility index (Phi) is 10.4. The van der Waals surface area contributed by atoms with Gasteiger partial charge in [0.2, 0.25) is 0 Å². The van der Waals surface area contributed by atoms with Gasteiger partial charge in [-0.2, -0.15) is 0 Å². The van der Waals surface area contributed by atoms with Crippen molar-refractivity contribution in [3.05, 3.63) is 46.1 Å². The zero-order valence-corrected chi connectivity index (χ0v) is 17.8. The summed E-state index contributed by atoms with van der Waals surface area (Å²) in [5.41, 5.74) is 3.32. The van der Waals surface area contributed by atoms with Crippen LogP contribution < -0.4 is 0 Å².